The van der Waals surface area contributed by atoms with E-state index in [1.807, 2.05) is 0 Å². The summed E-state index contributed by atoms with van der Waals surface area (Å²) in [7, 11) is -15.5. The summed E-state index contributed by atoms with van der Waals surface area (Å²) in [6.07, 6.45) is 0. The molecule has 13 nitrogen and oxygen atoms in total. The Labute approximate surface area is 289 Å². The number of hydrogen-bond donors (Lipinski definition) is 2. The van der Waals surface area contributed by atoms with E-state index in [4.69, 9.17) is 10.5 Å². The second kappa shape index (κ2) is 13.5. The van der Waals surface area contributed by atoms with Gasteiger partial charge in [0.15, 0.2) is 0 Å². The molecule has 0 heterocycles. The molecular weight excluding hydrogens is 609 g/mol. The van der Waals surface area contributed by atoms with E-state index in [0.29, 0.717) is 6.07 Å². The van der Waals surface area contributed by atoms with Crippen LogP contribution in [0, 0.1) is 0 Å². The molecule has 0 spiro atoms. The van der Waals surface area contributed by atoms with E-state index >= 15 is 0 Å². The molecule has 192 valence electrons. The summed E-state index contributed by atoms with van der Waals surface area (Å²) in [6, 6.07) is 5.94. The van der Waals surface area contributed by atoms with Gasteiger partial charge < -0.3 is 29.7 Å². The third-order valence-electron chi connectivity index (χ3n) is 5.33. The third-order valence-corrected chi connectivity index (χ3v) is 7.98. The van der Waals surface area contributed by atoms with Gasteiger partial charge in [0, 0.05) is 38.9 Å². The van der Waals surface area contributed by atoms with E-state index in [0.717, 1.165) is 24.3 Å². The zero-order chi connectivity index (χ0) is 26.6. The molecule has 3 N–H and O–H groups in total. The fourth-order valence-corrected chi connectivity index (χ4v) is 6.17. The predicted octanol–water partition coefficient (Wildman–Crippen LogP) is -9.25. The summed E-state index contributed by atoms with van der Waals surface area (Å²) in [5.74, 6) is -1.03. The molecular formula is C20H15N2Na3O11S3. The van der Waals surface area contributed by atoms with Crippen molar-refractivity contribution in [3.63, 3.8) is 0 Å². The van der Waals surface area contributed by atoms with Gasteiger partial charge in [0.1, 0.15) is 37.5 Å². The van der Waals surface area contributed by atoms with Gasteiger partial charge in [-0.05, 0) is 24.1 Å². The van der Waals surface area contributed by atoms with Gasteiger partial charge in [-0.2, -0.15) is 8.42 Å². The van der Waals surface area contributed by atoms with Crippen LogP contribution in [0.15, 0.2) is 56.1 Å². The van der Waals surface area contributed by atoms with Crippen molar-refractivity contribution < 1.29 is 137 Å². The zero-order valence-corrected chi connectivity index (χ0v) is 29.3. The Morgan fingerprint density at radius 3 is 1.69 bits per heavy atom. The van der Waals surface area contributed by atoms with Crippen LogP contribution in [-0.2, 0) is 30.4 Å². The first kappa shape index (κ1) is 36.9. The first-order chi connectivity index (χ1) is 16.6. The first-order valence-corrected chi connectivity index (χ1v) is 14.1. The minimum absolute atomic E-state index is 0. The molecule has 0 aliphatic carbocycles. The monoisotopic (exact) mass is 624 g/mol. The van der Waals surface area contributed by atoms with Crippen molar-refractivity contribution >= 4 is 68.6 Å². The Bertz CT molecular complexity index is 1840. The first-order valence-electron chi connectivity index (χ1n) is 9.85. The summed E-state index contributed by atoms with van der Waals surface area (Å²) in [5, 5.41) is 10.8. The van der Waals surface area contributed by atoms with E-state index in [9.17, 15) is 44.0 Å². The molecule has 4 aromatic rings. The predicted molar refractivity (Wildman–Crippen MR) is 123 cm³/mol. The van der Waals surface area contributed by atoms with Crippen molar-refractivity contribution in [3.05, 3.63) is 36.4 Å². The number of nitrogens with zero attached hydrogens (tertiary/aromatic N) is 1. The number of rotatable bonds is 8. The van der Waals surface area contributed by atoms with E-state index in [1.54, 1.807) is 0 Å². The molecule has 0 aliphatic heterocycles. The van der Waals surface area contributed by atoms with Crippen molar-refractivity contribution in [1.82, 2.24) is 0 Å². The van der Waals surface area contributed by atoms with Gasteiger partial charge in [-0.3, -0.25) is 4.55 Å². The van der Waals surface area contributed by atoms with E-state index in [2.05, 4.69) is 4.99 Å². The summed E-state index contributed by atoms with van der Waals surface area (Å²) < 4.78 is 111. The number of ether oxygens (including phenoxy) is 1. The van der Waals surface area contributed by atoms with Crippen LogP contribution in [0.5, 0.6) is 5.75 Å². The molecule has 39 heavy (non-hydrogen) atoms. The van der Waals surface area contributed by atoms with Crippen LogP contribution in [0.2, 0.25) is 0 Å². The second-order valence-corrected chi connectivity index (χ2v) is 11.6. The van der Waals surface area contributed by atoms with Crippen molar-refractivity contribution in [2.24, 2.45) is 10.7 Å². The maximum absolute atomic E-state index is 12.1. The summed E-state index contributed by atoms with van der Waals surface area (Å²) in [5.41, 5.74) is 5.28. The Hall–Kier alpha value is -0.120. The molecule has 0 saturated carbocycles. The maximum Gasteiger partial charge on any atom is 1.00 e. The van der Waals surface area contributed by atoms with Gasteiger partial charge >= 0.3 is 88.7 Å². The smallest absolute Gasteiger partial charge is 0.860 e. The normalized spacial score (nSPS) is 12.7. The van der Waals surface area contributed by atoms with Crippen molar-refractivity contribution in [2.45, 2.75) is 14.7 Å². The number of hydrogen-bond acceptors (Lipinski definition) is 12. The topological polar surface area (TPSA) is 239 Å². The Morgan fingerprint density at radius 2 is 1.23 bits per heavy atom. The van der Waals surface area contributed by atoms with Crippen LogP contribution < -0.4 is 104 Å². The molecule has 0 amide bonds. The summed E-state index contributed by atoms with van der Waals surface area (Å²) in [6.45, 7) is -0.575. The number of benzene rings is 4. The van der Waals surface area contributed by atoms with Crippen LogP contribution in [0.4, 0.5) is 0 Å². The van der Waals surface area contributed by atoms with Crippen molar-refractivity contribution in [1.29, 1.82) is 0 Å². The molecule has 0 radical (unpaired) electrons. The molecule has 4 aromatic carbocycles. The van der Waals surface area contributed by atoms with Gasteiger partial charge in [-0.1, -0.05) is 18.2 Å². The van der Waals surface area contributed by atoms with E-state index in [-0.39, 0.29) is 140 Å². The van der Waals surface area contributed by atoms with Crippen LogP contribution in [0.25, 0.3) is 32.3 Å². The molecule has 4 rings (SSSR count). The number of aliphatic imine (C=N–C) groups is 1. The number of nitrogens with two attached hydrogens (primary N) is 1. The quantitative estimate of drug-likeness (QED) is 0.0611. The SMILES string of the molecule is NCCN=C([O-])COc1cc(S(=O)(=O)[O-])c2ccc3c(S(=O)(=O)O)cc(S(=O)(=O)[O-])c4ccc1c2c43.[Na+].[Na+].[Na+]. The van der Waals surface area contributed by atoms with Crippen molar-refractivity contribution in [3.8, 4) is 5.75 Å². The molecule has 0 bridgehead atoms. The van der Waals surface area contributed by atoms with Gasteiger partial charge in [-0.15, -0.1) is 0 Å². The van der Waals surface area contributed by atoms with Crippen molar-refractivity contribution in [2.75, 3.05) is 19.7 Å². The fraction of sp³-hybridized carbons (Fsp3) is 0.150. The molecule has 0 unspecified atom stereocenters. The van der Waals surface area contributed by atoms with Crippen LogP contribution in [-0.4, -0.2) is 64.5 Å². The Kier molecular flexibility index (Phi) is 12.7. The Balaban J connectivity index is 0.00000253. The van der Waals surface area contributed by atoms with Crippen LogP contribution >= 0.6 is 0 Å². The van der Waals surface area contributed by atoms with Gasteiger partial charge in [0.05, 0.1) is 16.3 Å². The molecule has 0 aromatic heterocycles. The van der Waals surface area contributed by atoms with Gasteiger partial charge in [0.2, 0.25) is 0 Å². The van der Waals surface area contributed by atoms with Gasteiger partial charge in [0.25, 0.3) is 10.1 Å². The molecule has 0 saturated heterocycles. The summed E-state index contributed by atoms with van der Waals surface area (Å²) in [4.78, 5) is 0.874. The largest absolute Gasteiger partial charge is 1.00 e. The maximum atomic E-state index is 12.1. The standard InChI is InChI=1S/C20H18N2O11S3.3Na/c21-5-6-22-18(23)9-33-14-7-15(34(24,25)26)11-3-4-13-17(36(30,31)32)8-16(35(27,28)29)12-2-1-10(14)19(11)20(12)13;;;/h1-4,7-8H,5-6,9,21H2,(H,22,23)(H,24,25,26)(H,27,28,29)(H,30,31,32);;;/q;3*+1/p-3. The minimum atomic E-state index is -5.29. The zero-order valence-electron chi connectivity index (χ0n) is 20.9. The molecule has 0 fully saturated rings. The molecule has 0 aliphatic rings. The fourth-order valence-electron chi connectivity index (χ4n) is 3.99. The van der Waals surface area contributed by atoms with E-state index < -0.39 is 57.5 Å². The van der Waals surface area contributed by atoms with E-state index in [1.165, 1.54) is 6.07 Å². The average Bonchev–Trinajstić information content (AvgIpc) is 2.77. The van der Waals surface area contributed by atoms with Crippen LogP contribution in [0.3, 0.4) is 0 Å². The minimum Gasteiger partial charge on any atom is -0.860 e. The average molecular weight is 625 g/mol. The second-order valence-electron chi connectivity index (χ2n) is 7.55. The summed E-state index contributed by atoms with van der Waals surface area (Å²) >= 11 is 0. The third kappa shape index (κ3) is 7.45. The molecule has 19 heteroatoms. The van der Waals surface area contributed by atoms with Crippen LogP contribution in [0.1, 0.15) is 0 Å². The van der Waals surface area contributed by atoms with Gasteiger partial charge in [-0.25, -0.2) is 16.8 Å². The molecule has 0 atom stereocenters. The Morgan fingerprint density at radius 1 is 0.795 bits per heavy atom.